The number of amides is 3. The Kier molecular flexibility index (Phi) is 5.62. The molecular formula is C15H14ClN3O3. The van der Waals surface area contributed by atoms with E-state index < -0.39 is 11.9 Å². The number of rotatable bonds is 4. The third-order valence-corrected chi connectivity index (χ3v) is 2.75. The highest BCUT2D eigenvalue weighted by Gasteiger charge is 2.05. The van der Waals surface area contributed by atoms with Crippen LogP contribution < -0.4 is 20.9 Å². The molecule has 0 bridgehead atoms. The van der Waals surface area contributed by atoms with Gasteiger partial charge in [-0.05, 0) is 30.3 Å². The van der Waals surface area contributed by atoms with Gasteiger partial charge in [-0.1, -0.05) is 35.9 Å². The van der Waals surface area contributed by atoms with Crippen LogP contribution >= 0.6 is 11.6 Å². The molecule has 0 aliphatic carbocycles. The van der Waals surface area contributed by atoms with Gasteiger partial charge in [-0.3, -0.25) is 10.2 Å². The molecule has 0 radical (unpaired) electrons. The van der Waals surface area contributed by atoms with Gasteiger partial charge in [-0.2, -0.15) is 0 Å². The molecule has 0 spiro atoms. The molecule has 3 N–H and O–H groups in total. The number of halogens is 1. The Bertz CT molecular complexity index is 649. The number of hydrogen-bond acceptors (Lipinski definition) is 3. The van der Waals surface area contributed by atoms with Gasteiger partial charge in [0.1, 0.15) is 5.75 Å². The second kappa shape index (κ2) is 7.90. The van der Waals surface area contributed by atoms with Gasteiger partial charge < -0.3 is 10.1 Å². The predicted molar refractivity (Wildman–Crippen MR) is 83.7 cm³/mol. The molecule has 0 aliphatic heterocycles. The zero-order chi connectivity index (χ0) is 15.8. The number of ether oxygens (including phenoxy) is 1. The van der Waals surface area contributed by atoms with Crippen molar-refractivity contribution < 1.29 is 14.3 Å². The first-order chi connectivity index (χ1) is 10.6. The van der Waals surface area contributed by atoms with Crippen LogP contribution in [0.5, 0.6) is 5.75 Å². The Labute approximate surface area is 132 Å². The first-order valence-electron chi connectivity index (χ1n) is 6.43. The van der Waals surface area contributed by atoms with Gasteiger partial charge in [-0.25, -0.2) is 10.2 Å². The maximum Gasteiger partial charge on any atom is 0.337 e. The molecule has 2 aromatic rings. The number of hydrogen-bond donors (Lipinski definition) is 3. The summed E-state index contributed by atoms with van der Waals surface area (Å²) in [6.07, 6.45) is 0. The molecule has 0 atom stereocenters. The third kappa shape index (κ3) is 5.34. The van der Waals surface area contributed by atoms with E-state index in [0.717, 1.165) is 0 Å². The molecule has 0 fully saturated rings. The quantitative estimate of drug-likeness (QED) is 0.758. The van der Waals surface area contributed by atoms with Gasteiger partial charge in [-0.15, -0.1) is 0 Å². The standard InChI is InChI=1S/C15H14ClN3O3/c16-11-5-4-6-12(9-11)17-15(21)19-18-14(20)10-22-13-7-2-1-3-8-13/h1-9H,10H2,(H,18,20)(H2,17,19,21). The average molecular weight is 320 g/mol. The van der Waals surface area contributed by atoms with Crippen molar-refractivity contribution in [2.45, 2.75) is 0 Å². The van der Waals surface area contributed by atoms with Gasteiger partial charge >= 0.3 is 6.03 Å². The lowest BCUT2D eigenvalue weighted by Gasteiger charge is -2.10. The Morgan fingerprint density at radius 2 is 1.77 bits per heavy atom. The summed E-state index contributed by atoms with van der Waals surface area (Å²) in [6, 6.07) is 14.9. The van der Waals surface area contributed by atoms with Crippen LogP contribution in [0.25, 0.3) is 0 Å². The minimum Gasteiger partial charge on any atom is -0.484 e. The fraction of sp³-hybridized carbons (Fsp3) is 0.0667. The number of para-hydroxylation sites is 1. The molecule has 0 aliphatic rings. The molecule has 0 aromatic heterocycles. The van der Waals surface area contributed by atoms with Crippen LogP contribution in [0.1, 0.15) is 0 Å². The van der Waals surface area contributed by atoms with Crippen molar-refractivity contribution in [1.82, 2.24) is 10.9 Å². The van der Waals surface area contributed by atoms with Crippen LogP contribution in [-0.4, -0.2) is 18.5 Å². The largest absolute Gasteiger partial charge is 0.484 e. The van der Waals surface area contributed by atoms with E-state index in [4.69, 9.17) is 16.3 Å². The van der Waals surface area contributed by atoms with Gasteiger partial charge in [0.05, 0.1) is 0 Å². The number of carbonyl (C=O) groups excluding carboxylic acids is 2. The van der Waals surface area contributed by atoms with Crippen molar-refractivity contribution in [3.8, 4) is 5.75 Å². The maximum absolute atomic E-state index is 11.6. The van der Waals surface area contributed by atoms with Crippen molar-refractivity contribution in [2.24, 2.45) is 0 Å². The number of urea groups is 1. The highest BCUT2D eigenvalue weighted by molar-refractivity contribution is 6.30. The minimum absolute atomic E-state index is 0.207. The van der Waals surface area contributed by atoms with E-state index in [0.29, 0.717) is 16.5 Å². The van der Waals surface area contributed by atoms with Crippen molar-refractivity contribution in [2.75, 3.05) is 11.9 Å². The summed E-state index contributed by atoms with van der Waals surface area (Å²) in [5, 5.41) is 3.02. The van der Waals surface area contributed by atoms with E-state index in [-0.39, 0.29) is 6.61 Å². The Balaban J connectivity index is 1.70. The van der Waals surface area contributed by atoms with Gasteiger partial charge in [0.15, 0.2) is 6.61 Å². The number of hydrazine groups is 1. The molecule has 0 saturated carbocycles. The Morgan fingerprint density at radius 3 is 2.50 bits per heavy atom. The minimum atomic E-state index is -0.588. The summed E-state index contributed by atoms with van der Waals surface area (Å²) in [6.45, 7) is -0.207. The number of nitrogens with one attached hydrogen (secondary N) is 3. The van der Waals surface area contributed by atoms with Crippen LogP contribution in [0.4, 0.5) is 10.5 Å². The summed E-state index contributed by atoms with van der Waals surface area (Å²) in [5.41, 5.74) is 4.96. The van der Waals surface area contributed by atoms with E-state index in [1.165, 1.54) is 0 Å². The lowest BCUT2D eigenvalue weighted by Crippen LogP contribution is -2.45. The fourth-order valence-corrected chi connectivity index (χ4v) is 1.75. The first kappa shape index (κ1) is 15.7. The first-order valence-corrected chi connectivity index (χ1v) is 6.80. The van der Waals surface area contributed by atoms with E-state index >= 15 is 0 Å². The second-order valence-electron chi connectivity index (χ2n) is 4.24. The second-order valence-corrected chi connectivity index (χ2v) is 4.68. The lowest BCUT2D eigenvalue weighted by atomic mass is 10.3. The number of anilines is 1. The monoisotopic (exact) mass is 319 g/mol. The number of benzene rings is 2. The van der Waals surface area contributed by atoms with Gasteiger partial charge in [0.25, 0.3) is 5.91 Å². The summed E-state index contributed by atoms with van der Waals surface area (Å²) in [7, 11) is 0. The zero-order valence-corrected chi connectivity index (χ0v) is 12.3. The molecule has 7 heteroatoms. The van der Waals surface area contributed by atoms with Crippen molar-refractivity contribution in [3.63, 3.8) is 0 Å². The molecule has 0 unspecified atom stereocenters. The number of carbonyl (C=O) groups is 2. The smallest absolute Gasteiger partial charge is 0.337 e. The van der Waals surface area contributed by atoms with Gasteiger partial charge in [0.2, 0.25) is 0 Å². The Hall–Kier alpha value is -2.73. The molecular weight excluding hydrogens is 306 g/mol. The molecule has 0 saturated heterocycles. The lowest BCUT2D eigenvalue weighted by molar-refractivity contribution is -0.123. The molecule has 0 heterocycles. The highest BCUT2D eigenvalue weighted by atomic mass is 35.5. The Morgan fingerprint density at radius 1 is 1.00 bits per heavy atom. The molecule has 114 valence electrons. The SMILES string of the molecule is O=C(COc1ccccc1)NNC(=O)Nc1cccc(Cl)c1. The maximum atomic E-state index is 11.6. The van der Waals surface area contributed by atoms with Crippen LogP contribution in [0.2, 0.25) is 5.02 Å². The molecule has 6 nitrogen and oxygen atoms in total. The predicted octanol–water partition coefficient (Wildman–Crippen LogP) is 2.57. The summed E-state index contributed by atoms with van der Waals surface area (Å²) >= 11 is 5.80. The zero-order valence-electron chi connectivity index (χ0n) is 11.5. The van der Waals surface area contributed by atoms with Crippen LogP contribution in [0, 0.1) is 0 Å². The van der Waals surface area contributed by atoms with E-state index in [1.807, 2.05) is 6.07 Å². The van der Waals surface area contributed by atoms with Crippen molar-refractivity contribution in [3.05, 3.63) is 59.6 Å². The summed E-state index contributed by atoms with van der Waals surface area (Å²) in [4.78, 5) is 23.1. The van der Waals surface area contributed by atoms with E-state index in [9.17, 15) is 9.59 Å². The topological polar surface area (TPSA) is 79.5 Å². The van der Waals surface area contributed by atoms with Crippen LogP contribution in [0.15, 0.2) is 54.6 Å². The molecule has 22 heavy (non-hydrogen) atoms. The normalized spacial score (nSPS) is 9.68. The van der Waals surface area contributed by atoms with E-state index in [2.05, 4.69) is 16.2 Å². The van der Waals surface area contributed by atoms with Gasteiger partial charge in [0, 0.05) is 10.7 Å². The fourth-order valence-electron chi connectivity index (χ4n) is 1.56. The average Bonchev–Trinajstić information content (AvgIpc) is 2.52. The van der Waals surface area contributed by atoms with E-state index in [1.54, 1.807) is 48.5 Å². The summed E-state index contributed by atoms with van der Waals surface area (Å²) < 4.78 is 5.23. The summed E-state index contributed by atoms with van der Waals surface area (Å²) in [5.74, 6) is 0.0890. The van der Waals surface area contributed by atoms with Crippen molar-refractivity contribution in [1.29, 1.82) is 0 Å². The molecule has 3 amide bonds. The van der Waals surface area contributed by atoms with Crippen molar-refractivity contribution >= 4 is 29.2 Å². The third-order valence-electron chi connectivity index (χ3n) is 2.51. The van der Waals surface area contributed by atoms with Crippen LogP contribution in [-0.2, 0) is 4.79 Å². The molecule has 2 aromatic carbocycles. The highest BCUT2D eigenvalue weighted by Crippen LogP contribution is 2.14. The molecule has 2 rings (SSSR count). The van der Waals surface area contributed by atoms with Crippen LogP contribution in [0.3, 0.4) is 0 Å².